The van der Waals surface area contributed by atoms with Crippen LogP contribution >= 0.6 is 0 Å². The second-order valence-corrected chi connectivity index (χ2v) is 7.92. The fraction of sp³-hybridized carbons (Fsp3) is 0.263. The Balaban J connectivity index is 2.32. The number of hydrogen-bond donors (Lipinski definition) is 2. The van der Waals surface area contributed by atoms with Gasteiger partial charge in [-0.3, -0.25) is 13.9 Å². The maximum absolute atomic E-state index is 12.7. The van der Waals surface area contributed by atoms with E-state index >= 15 is 0 Å². The number of para-hydroxylation sites is 1. The van der Waals surface area contributed by atoms with Gasteiger partial charge in [-0.1, -0.05) is 12.1 Å². The van der Waals surface area contributed by atoms with Crippen LogP contribution in [0.2, 0.25) is 0 Å². The Morgan fingerprint density at radius 2 is 1.75 bits per heavy atom. The van der Waals surface area contributed by atoms with Gasteiger partial charge in [0.1, 0.15) is 11.8 Å². The monoisotopic (exact) mass is 405 g/mol. The number of rotatable bonds is 8. The maximum atomic E-state index is 12.7. The molecule has 2 aromatic carbocycles. The molecular weight excluding hydrogens is 382 g/mol. The Labute approximate surface area is 164 Å². The Bertz CT molecular complexity index is 958. The molecule has 28 heavy (non-hydrogen) atoms. The quantitative estimate of drug-likeness (QED) is 0.696. The van der Waals surface area contributed by atoms with Crippen LogP contribution in [0.25, 0.3) is 0 Å². The van der Waals surface area contributed by atoms with E-state index in [0.29, 0.717) is 18.0 Å². The fourth-order valence-corrected chi connectivity index (χ4v) is 3.88. The number of hydrogen-bond acceptors (Lipinski definition) is 5. The summed E-state index contributed by atoms with van der Waals surface area (Å²) in [5, 5.41) is 2.58. The molecule has 0 saturated heterocycles. The van der Waals surface area contributed by atoms with E-state index in [1.165, 1.54) is 19.1 Å². The summed E-state index contributed by atoms with van der Waals surface area (Å²) in [7, 11) is -3.77. The van der Waals surface area contributed by atoms with Crippen molar-refractivity contribution in [2.75, 3.05) is 22.5 Å². The van der Waals surface area contributed by atoms with Crippen molar-refractivity contribution in [2.45, 2.75) is 19.9 Å². The van der Waals surface area contributed by atoms with Crippen LogP contribution in [0.4, 0.5) is 11.4 Å². The molecule has 0 bridgehead atoms. The summed E-state index contributed by atoms with van der Waals surface area (Å²) in [6.07, 6.45) is 1.02. The molecule has 0 saturated carbocycles. The Hall–Kier alpha value is -3.07. The Morgan fingerprint density at radius 1 is 1.14 bits per heavy atom. The first kappa shape index (κ1) is 21.2. The van der Waals surface area contributed by atoms with Gasteiger partial charge in [-0.15, -0.1) is 0 Å². The van der Waals surface area contributed by atoms with Gasteiger partial charge < -0.3 is 15.8 Å². The first-order chi connectivity index (χ1) is 13.1. The van der Waals surface area contributed by atoms with Crippen molar-refractivity contribution in [3.63, 3.8) is 0 Å². The van der Waals surface area contributed by atoms with Crippen LogP contribution in [0.3, 0.4) is 0 Å². The molecule has 8 nitrogen and oxygen atoms in total. The lowest BCUT2D eigenvalue weighted by Gasteiger charge is -2.28. The van der Waals surface area contributed by atoms with Gasteiger partial charge in [0.25, 0.3) is 5.91 Å². The van der Waals surface area contributed by atoms with Crippen LogP contribution in [0.5, 0.6) is 5.75 Å². The smallest absolute Gasteiger partial charge is 0.250 e. The number of nitrogens with two attached hydrogens (primary N) is 1. The molecule has 150 valence electrons. The second kappa shape index (κ2) is 8.75. The van der Waals surface area contributed by atoms with Crippen molar-refractivity contribution in [3.05, 3.63) is 54.1 Å². The van der Waals surface area contributed by atoms with Gasteiger partial charge in [-0.2, -0.15) is 0 Å². The molecule has 2 aromatic rings. The maximum Gasteiger partial charge on any atom is 0.250 e. The summed E-state index contributed by atoms with van der Waals surface area (Å²) in [6, 6.07) is 11.5. The van der Waals surface area contributed by atoms with Gasteiger partial charge in [-0.25, -0.2) is 8.42 Å². The van der Waals surface area contributed by atoms with Crippen molar-refractivity contribution in [2.24, 2.45) is 5.73 Å². The van der Waals surface area contributed by atoms with E-state index in [1.807, 2.05) is 6.92 Å². The van der Waals surface area contributed by atoms with Crippen LogP contribution < -0.4 is 20.1 Å². The van der Waals surface area contributed by atoms with E-state index < -0.39 is 27.9 Å². The third kappa shape index (κ3) is 5.01. The number of primary amides is 1. The molecule has 2 rings (SSSR count). The summed E-state index contributed by atoms with van der Waals surface area (Å²) >= 11 is 0. The third-order valence-electron chi connectivity index (χ3n) is 3.94. The van der Waals surface area contributed by atoms with Crippen LogP contribution in [-0.4, -0.2) is 39.1 Å². The van der Waals surface area contributed by atoms with Gasteiger partial charge in [-0.05, 0) is 50.2 Å². The first-order valence-electron chi connectivity index (χ1n) is 8.57. The van der Waals surface area contributed by atoms with E-state index in [1.54, 1.807) is 36.4 Å². The summed E-state index contributed by atoms with van der Waals surface area (Å²) in [6.45, 7) is 3.78. The number of carbonyl (C=O) groups is 2. The molecule has 0 aromatic heterocycles. The van der Waals surface area contributed by atoms with Gasteiger partial charge in [0.15, 0.2) is 0 Å². The molecule has 0 spiro atoms. The first-order valence-corrected chi connectivity index (χ1v) is 10.4. The minimum absolute atomic E-state index is 0.134. The zero-order valence-corrected chi connectivity index (χ0v) is 16.7. The highest BCUT2D eigenvalue weighted by atomic mass is 32.2. The molecule has 0 aliphatic carbocycles. The number of carbonyl (C=O) groups excluding carboxylic acids is 2. The number of anilines is 2. The largest absolute Gasteiger partial charge is 0.494 e. The lowest BCUT2D eigenvalue weighted by Crippen LogP contribution is -2.45. The molecule has 0 radical (unpaired) electrons. The normalized spacial score (nSPS) is 12.1. The van der Waals surface area contributed by atoms with Crippen LogP contribution in [0, 0.1) is 0 Å². The topological polar surface area (TPSA) is 119 Å². The number of nitrogens with zero attached hydrogens (tertiary/aromatic N) is 1. The van der Waals surface area contributed by atoms with Crippen molar-refractivity contribution < 1.29 is 22.7 Å². The predicted octanol–water partition coefficient (Wildman–Crippen LogP) is 1.98. The molecule has 0 fully saturated rings. The number of amides is 2. The van der Waals surface area contributed by atoms with E-state index in [0.717, 1.165) is 10.6 Å². The minimum Gasteiger partial charge on any atom is -0.494 e. The lowest BCUT2D eigenvalue weighted by molar-refractivity contribution is -0.116. The standard InChI is InChI=1S/C19H23N3O5S/c1-4-27-15-11-9-14(10-12-15)22(28(3,25)26)13(2)19(24)21-17-8-6-5-7-16(17)18(20)23/h5-13H,4H2,1-3H3,(H2,20,23)(H,21,24)/t13-/m0/s1. The van der Waals surface area contributed by atoms with Crippen molar-refractivity contribution in [1.29, 1.82) is 0 Å². The van der Waals surface area contributed by atoms with Gasteiger partial charge >= 0.3 is 0 Å². The molecule has 0 unspecified atom stereocenters. The van der Waals surface area contributed by atoms with E-state index in [9.17, 15) is 18.0 Å². The van der Waals surface area contributed by atoms with Crippen molar-refractivity contribution >= 4 is 33.2 Å². The van der Waals surface area contributed by atoms with E-state index in [4.69, 9.17) is 10.5 Å². The zero-order valence-electron chi connectivity index (χ0n) is 15.9. The SMILES string of the molecule is CCOc1ccc(N([C@@H](C)C(=O)Nc2ccccc2C(N)=O)S(C)(=O)=O)cc1. The fourth-order valence-electron chi connectivity index (χ4n) is 2.71. The molecule has 0 aliphatic heterocycles. The average molecular weight is 405 g/mol. The summed E-state index contributed by atoms with van der Waals surface area (Å²) in [4.78, 5) is 24.2. The third-order valence-corrected chi connectivity index (χ3v) is 5.18. The Morgan fingerprint density at radius 3 is 2.29 bits per heavy atom. The Kier molecular flexibility index (Phi) is 6.63. The van der Waals surface area contributed by atoms with Crippen molar-refractivity contribution in [1.82, 2.24) is 0 Å². The number of nitrogens with one attached hydrogen (secondary N) is 1. The number of sulfonamides is 1. The molecule has 2 amide bonds. The second-order valence-electron chi connectivity index (χ2n) is 6.06. The summed E-state index contributed by atoms with van der Waals surface area (Å²) in [5.74, 6) is -0.713. The van der Waals surface area contributed by atoms with E-state index in [2.05, 4.69) is 5.32 Å². The number of ether oxygens (including phenoxy) is 1. The highest BCUT2D eigenvalue weighted by Crippen LogP contribution is 2.25. The van der Waals surface area contributed by atoms with E-state index in [-0.39, 0.29) is 11.3 Å². The molecule has 9 heteroatoms. The average Bonchev–Trinajstić information content (AvgIpc) is 2.62. The van der Waals surface area contributed by atoms with Crippen LogP contribution in [-0.2, 0) is 14.8 Å². The molecular formula is C19H23N3O5S. The summed E-state index contributed by atoms with van der Waals surface area (Å²) < 4.78 is 31.1. The van der Waals surface area contributed by atoms with Crippen molar-refractivity contribution in [3.8, 4) is 5.75 Å². The highest BCUT2D eigenvalue weighted by Gasteiger charge is 2.29. The zero-order chi connectivity index (χ0) is 20.9. The lowest BCUT2D eigenvalue weighted by atomic mass is 10.1. The molecule has 1 atom stereocenters. The number of benzene rings is 2. The minimum atomic E-state index is -3.77. The van der Waals surface area contributed by atoms with Crippen LogP contribution in [0.15, 0.2) is 48.5 Å². The molecule has 3 N–H and O–H groups in total. The predicted molar refractivity (Wildman–Crippen MR) is 108 cm³/mol. The molecule has 0 aliphatic rings. The summed E-state index contributed by atoms with van der Waals surface area (Å²) in [5.41, 5.74) is 5.98. The molecule has 0 heterocycles. The van der Waals surface area contributed by atoms with Gasteiger partial charge in [0, 0.05) is 0 Å². The highest BCUT2D eigenvalue weighted by molar-refractivity contribution is 7.92. The van der Waals surface area contributed by atoms with Gasteiger partial charge in [0.05, 0.1) is 29.8 Å². The van der Waals surface area contributed by atoms with Crippen LogP contribution in [0.1, 0.15) is 24.2 Å². The van der Waals surface area contributed by atoms with Gasteiger partial charge in [0.2, 0.25) is 15.9 Å².